The van der Waals surface area contributed by atoms with Crippen molar-refractivity contribution in [1.82, 2.24) is 14.7 Å². The summed E-state index contributed by atoms with van der Waals surface area (Å²) < 4.78 is 1.85. The number of aryl methyl sites for hydroxylation is 1. The second-order valence-corrected chi connectivity index (χ2v) is 7.08. The van der Waals surface area contributed by atoms with Crippen LogP contribution in [0.5, 0.6) is 0 Å². The van der Waals surface area contributed by atoms with E-state index in [-0.39, 0.29) is 0 Å². The minimum absolute atomic E-state index is 0.552. The fraction of sp³-hybridized carbons (Fsp3) is 0.800. The highest BCUT2D eigenvalue weighted by atomic mass is 16.4. The van der Waals surface area contributed by atoms with Gasteiger partial charge in [-0.2, -0.15) is 5.10 Å². The Labute approximate surface area is 120 Å². The average Bonchev–Trinajstić information content (AvgIpc) is 2.96. The Balaban J connectivity index is 1.56. The Bertz CT molecular complexity index is 495. The van der Waals surface area contributed by atoms with Crippen molar-refractivity contribution in [1.29, 1.82) is 0 Å². The molecule has 0 aromatic carbocycles. The molecule has 1 aliphatic heterocycles. The molecular formula is C15H25N3O2. The molecule has 5 nitrogen and oxygen atoms in total. The predicted molar refractivity (Wildman–Crippen MR) is 76.4 cm³/mol. The number of nitrogens with zero attached hydrogens (tertiary/aromatic N) is 3. The van der Waals surface area contributed by atoms with Crippen molar-refractivity contribution >= 4 is 0 Å². The summed E-state index contributed by atoms with van der Waals surface area (Å²) in [5.74, 6) is 1.29. The third-order valence-electron chi connectivity index (χ3n) is 5.17. The first-order chi connectivity index (χ1) is 9.28. The number of hydrogen-bond donors (Lipinski definition) is 2. The summed E-state index contributed by atoms with van der Waals surface area (Å²) >= 11 is 0. The van der Waals surface area contributed by atoms with E-state index in [2.05, 4.69) is 16.2 Å². The zero-order valence-electron chi connectivity index (χ0n) is 12.6. The van der Waals surface area contributed by atoms with E-state index in [9.17, 15) is 10.2 Å². The van der Waals surface area contributed by atoms with Crippen molar-refractivity contribution in [3.05, 3.63) is 18.0 Å². The Morgan fingerprint density at radius 1 is 1.35 bits per heavy atom. The van der Waals surface area contributed by atoms with Gasteiger partial charge in [-0.15, -0.1) is 0 Å². The molecule has 1 aromatic heterocycles. The predicted octanol–water partition coefficient (Wildman–Crippen LogP) is 0.731. The van der Waals surface area contributed by atoms with Crippen molar-refractivity contribution in [3.63, 3.8) is 0 Å². The SMILES string of the molecule is Cn1cc([C@@H]2C[C@H]2CN2CC[C@@](C)(O)[C@@](C)(O)C2)cn1. The van der Waals surface area contributed by atoms with E-state index in [1.165, 1.54) is 12.0 Å². The average molecular weight is 279 g/mol. The van der Waals surface area contributed by atoms with E-state index in [4.69, 9.17) is 0 Å². The zero-order valence-corrected chi connectivity index (χ0v) is 12.6. The fourth-order valence-electron chi connectivity index (χ4n) is 3.31. The second-order valence-electron chi connectivity index (χ2n) is 7.08. The Morgan fingerprint density at radius 2 is 2.10 bits per heavy atom. The van der Waals surface area contributed by atoms with Crippen molar-refractivity contribution in [2.45, 2.75) is 43.8 Å². The van der Waals surface area contributed by atoms with Gasteiger partial charge in [-0.05, 0) is 44.1 Å². The molecule has 0 bridgehead atoms. The van der Waals surface area contributed by atoms with E-state index in [1.54, 1.807) is 13.8 Å². The van der Waals surface area contributed by atoms with E-state index in [0.717, 1.165) is 13.1 Å². The molecule has 0 spiro atoms. The number of aromatic nitrogens is 2. The molecule has 2 fully saturated rings. The van der Waals surface area contributed by atoms with Crippen LogP contribution in [0.4, 0.5) is 0 Å². The number of piperidine rings is 1. The minimum Gasteiger partial charge on any atom is -0.387 e. The Hall–Kier alpha value is -0.910. The highest BCUT2D eigenvalue weighted by molar-refractivity contribution is 5.20. The highest BCUT2D eigenvalue weighted by Gasteiger charge is 2.48. The van der Waals surface area contributed by atoms with E-state index in [0.29, 0.717) is 24.8 Å². The molecule has 20 heavy (non-hydrogen) atoms. The molecule has 1 saturated carbocycles. The normalized spacial score (nSPS) is 41.9. The van der Waals surface area contributed by atoms with Gasteiger partial charge in [-0.1, -0.05) is 0 Å². The molecule has 4 atom stereocenters. The Kier molecular flexibility index (Phi) is 3.19. The lowest BCUT2D eigenvalue weighted by Crippen LogP contribution is -2.62. The van der Waals surface area contributed by atoms with Gasteiger partial charge in [-0.3, -0.25) is 9.58 Å². The van der Waals surface area contributed by atoms with Crippen LogP contribution in [0.2, 0.25) is 0 Å². The first-order valence-corrected chi connectivity index (χ1v) is 7.44. The summed E-state index contributed by atoms with van der Waals surface area (Å²) in [5, 5.41) is 24.8. The van der Waals surface area contributed by atoms with Crippen LogP contribution in [0.25, 0.3) is 0 Å². The maximum Gasteiger partial charge on any atom is 0.103 e. The van der Waals surface area contributed by atoms with E-state index in [1.807, 2.05) is 17.9 Å². The molecule has 2 aliphatic rings. The third-order valence-corrected chi connectivity index (χ3v) is 5.17. The monoisotopic (exact) mass is 279 g/mol. The van der Waals surface area contributed by atoms with Crippen LogP contribution in [0, 0.1) is 5.92 Å². The summed E-state index contributed by atoms with van der Waals surface area (Å²) in [5.41, 5.74) is -0.673. The molecule has 3 rings (SSSR count). The molecular weight excluding hydrogens is 254 g/mol. The summed E-state index contributed by atoms with van der Waals surface area (Å²) in [4.78, 5) is 2.29. The molecule has 0 unspecified atom stereocenters. The smallest absolute Gasteiger partial charge is 0.103 e. The van der Waals surface area contributed by atoms with Gasteiger partial charge < -0.3 is 10.2 Å². The lowest BCUT2D eigenvalue weighted by Gasteiger charge is -2.47. The Morgan fingerprint density at radius 3 is 2.70 bits per heavy atom. The van der Waals surface area contributed by atoms with Crippen LogP contribution in [-0.2, 0) is 7.05 Å². The lowest BCUT2D eigenvalue weighted by atomic mass is 9.79. The lowest BCUT2D eigenvalue weighted by molar-refractivity contribution is -0.170. The summed E-state index contributed by atoms with van der Waals surface area (Å²) in [7, 11) is 1.95. The standard InChI is InChI=1S/C15H25N3O2/c1-14(19)4-5-18(10-15(14,2)20)9-11-6-13(11)12-7-16-17(3)8-12/h7-8,11,13,19-20H,4-6,9-10H2,1-3H3/t11-,13+,14+,15-/m0/s1. The van der Waals surface area contributed by atoms with Gasteiger partial charge >= 0.3 is 0 Å². The molecule has 0 radical (unpaired) electrons. The van der Waals surface area contributed by atoms with Gasteiger partial charge in [0.25, 0.3) is 0 Å². The zero-order chi connectivity index (χ0) is 14.5. The van der Waals surface area contributed by atoms with Gasteiger partial charge in [0.05, 0.1) is 11.8 Å². The van der Waals surface area contributed by atoms with Gasteiger partial charge in [0.15, 0.2) is 0 Å². The van der Waals surface area contributed by atoms with E-state index < -0.39 is 11.2 Å². The summed E-state index contributed by atoms with van der Waals surface area (Å²) in [6.45, 7) is 5.89. The number of rotatable bonds is 3. The van der Waals surface area contributed by atoms with Gasteiger partial charge in [-0.25, -0.2) is 0 Å². The van der Waals surface area contributed by atoms with Crippen LogP contribution in [0.1, 0.15) is 38.2 Å². The highest BCUT2D eigenvalue weighted by Crippen LogP contribution is 2.48. The van der Waals surface area contributed by atoms with Crippen molar-refractivity contribution < 1.29 is 10.2 Å². The van der Waals surface area contributed by atoms with Crippen molar-refractivity contribution in [2.75, 3.05) is 19.6 Å². The van der Waals surface area contributed by atoms with Crippen LogP contribution in [0.3, 0.4) is 0 Å². The molecule has 112 valence electrons. The van der Waals surface area contributed by atoms with Crippen LogP contribution in [-0.4, -0.2) is 55.7 Å². The largest absolute Gasteiger partial charge is 0.387 e. The molecule has 1 aromatic rings. The number of β-amino-alcohol motifs (C(OH)–C–C–N with tert-alkyl or cyclic N) is 1. The van der Waals surface area contributed by atoms with Crippen LogP contribution < -0.4 is 0 Å². The van der Waals surface area contributed by atoms with Gasteiger partial charge in [0.1, 0.15) is 5.60 Å². The second kappa shape index (κ2) is 4.55. The molecule has 1 saturated heterocycles. The molecule has 2 heterocycles. The van der Waals surface area contributed by atoms with Crippen molar-refractivity contribution in [2.24, 2.45) is 13.0 Å². The summed E-state index contributed by atoms with van der Waals surface area (Å²) in [6.07, 6.45) is 5.90. The summed E-state index contributed by atoms with van der Waals surface area (Å²) in [6, 6.07) is 0. The fourth-order valence-corrected chi connectivity index (χ4v) is 3.31. The maximum atomic E-state index is 10.4. The first-order valence-electron chi connectivity index (χ1n) is 7.44. The molecule has 2 N–H and O–H groups in total. The first kappa shape index (κ1) is 14.0. The van der Waals surface area contributed by atoms with Crippen LogP contribution in [0.15, 0.2) is 12.4 Å². The minimum atomic E-state index is -1.02. The van der Waals surface area contributed by atoms with Gasteiger partial charge in [0.2, 0.25) is 0 Å². The number of hydrogen-bond acceptors (Lipinski definition) is 4. The molecule has 5 heteroatoms. The topological polar surface area (TPSA) is 61.5 Å². The number of likely N-dealkylation sites (tertiary alicyclic amines) is 1. The third kappa shape index (κ3) is 2.50. The number of aliphatic hydroxyl groups is 2. The van der Waals surface area contributed by atoms with E-state index >= 15 is 0 Å². The quantitative estimate of drug-likeness (QED) is 0.856. The molecule has 1 aliphatic carbocycles. The van der Waals surface area contributed by atoms with Crippen LogP contribution >= 0.6 is 0 Å². The molecule has 0 amide bonds. The van der Waals surface area contributed by atoms with Gasteiger partial charge in [0, 0.05) is 32.9 Å². The van der Waals surface area contributed by atoms with Crippen molar-refractivity contribution in [3.8, 4) is 0 Å². The maximum absolute atomic E-state index is 10.4.